The van der Waals surface area contributed by atoms with Crippen molar-refractivity contribution in [1.82, 2.24) is 14.2 Å². The number of hydrogen-bond acceptors (Lipinski definition) is 4. The molecule has 0 amide bonds. The summed E-state index contributed by atoms with van der Waals surface area (Å²) in [5.74, 6) is -0.664. The summed E-state index contributed by atoms with van der Waals surface area (Å²) in [7, 11) is 0.0000617. The smallest absolute Gasteiger partial charge is 0.244 e. The molecule has 0 spiro atoms. The molecule has 2 heterocycles. The predicted octanol–water partition coefficient (Wildman–Crippen LogP) is 1.24. The Morgan fingerprint density at radius 2 is 2.00 bits per heavy atom. The van der Waals surface area contributed by atoms with E-state index in [0.717, 1.165) is 38.2 Å². The average Bonchev–Trinajstić information content (AvgIpc) is 2.38. The SMILES string of the molecule is Cc1cc(F)ncc1S(=O)(=O)N(C)C1CCN(C)CC1. The van der Waals surface area contributed by atoms with Crippen LogP contribution in [0.2, 0.25) is 0 Å². The Labute approximate surface area is 119 Å². The molecule has 0 saturated carbocycles. The zero-order chi connectivity index (χ0) is 14.9. The Morgan fingerprint density at radius 3 is 2.55 bits per heavy atom. The van der Waals surface area contributed by atoms with Crippen LogP contribution in [0.5, 0.6) is 0 Å². The van der Waals surface area contributed by atoms with Crippen LogP contribution in [-0.2, 0) is 10.0 Å². The second kappa shape index (κ2) is 5.75. The molecule has 0 aliphatic carbocycles. The van der Waals surface area contributed by atoms with Gasteiger partial charge in [0.25, 0.3) is 0 Å². The van der Waals surface area contributed by atoms with Crippen molar-refractivity contribution in [3.63, 3.8) is 0 Å². The molecule has 1 fully saturated rings. The molecule has 112 valence electrons. The third-order valence-electron chi connectivity index (χ3n) is 3.89. The quantitative estimate of drug-likeness (QED) is 0.788. The number of aromatic nitrogens is 1. The molecule has 2 rings (SSSR count). The summed E-state index contributed by atoms with van der Waals surface area (Å²) >= 11 is 0. The van der Waals surface area contributed by atoms with Gasteiger partial charge in [-0.1, -0.05) is 0 Å². The highest BCUT2D eigenvalue weighted by Gasteiger charge is 2.31. The minimum atomic E-state index is -3.62. The molecule has 0 unspecified atom stereocenters. The van der Waals surface area contributed by atoms with Crippen molar-refractivity contribution in [2.45, 2.75) is 30.7 Å². The number of likely N-dealkylation sites (tertiary alicyclic amines) is 1. The highest BCUT2D eigenvalue weighted by atomic mass is 32.2. The molecular formula is C13H20FN3O2S. The summed E-state index contributed by atoms with van der Waals surface area (Å²) in [4.78, 5) is 5.73. The van der Waals surface area contributed by atoms with Gasteiger partial charge in [-0.25, -0.2) is 13.4 Å². The van der Waals surface area contributed by atoms with Crippen LogP contribution in [0.15, 0.2) is 17.2 Å². The van der Waals surface area contributed by atoms with Crippen LogP contribution >= 0.6 is 0 Å². The normalized spacial score (nSPS) is 18.6. The fourth-order valence-electron chi connectivity index (χ4n) is 2.49. The molecule has 7 heteroatoms. The Morgan fingerprint density at radius 1 is 1.40 bits per heavy atom. The van der Waals surface area contributed by atoms with E-state index in [0.29, 0.717) is 5.56 Å². The Bertz CT molecular complexity index is 583. The average molecular weight is 301 g/mol. The van der Waals surface area contributed by atoms with E-state index in [1.807, 2.05) is 7.05 Å². The molecule has 1 aliphatic rings. The number of pyridine rings is 1. The fourth-order valence-corrected chi connectivity index (χ4v) is 4.05. The molecule has 1 aliphatic heterocycles. The molecule has 5 nitrogen and oxygen atoms in total. The Balaban J connectivity index is 2.25. The number of halogens is 1. The highest BCUT2D eigenvalue weighted by molar-refractivity contribution is 7.89. The van der Waals surface area contributed by atoms with Crippen molar-refractivity contribution < 1.29 is 12.8 Å². The monoisotopic (exact) mass is 301 g/mol. The second-order valence-corrected chi connectivity index (χ2v) is 7.29. The molecule has 1 saturated heterocycles. The lowest BCUT2D eigenvalue weighted by Gasteiger charge is -2.34. The van der Waals surface area contributed by atoms with E-state index in [4.69, 9.17) is 0 Å². The third kappa shape index (κ3) is 2.99. The molecule has 0 radical (unpaired) electrons. The van der Waals surface area contributed by atoms with Gasteiger partial charge in [-0.2, -0.15) is 8.70 Å². The van der Waals surface area contributed by atoms with E-state index in [-0.39, 0.29) is 10.9 Å². The van der Waals surface area contributed by atoms with Gasteiger partial charge >= 0.3 is 0 Å². The van der Waals surface area contributed by atoms with E-state index in [9.17, 15) is 12.8 Å². The maximum Gasteiger partial charge on any atom is 0.244 e. The molecule has 1 aromatic rings. The van der Waals surface area contributed by atoms with Gasteiger partial charge in [0.15, 0.2) is 0 Å². The number of rotatable bonds is 3. The summed E-state index contributed by atoms with van der Waals surface area (Å²) < 4.78 is 39.6. The van der Waals surface area contributed by atoms with E-state index < -0.39 is 16.0 Å². The van der Waals surface area contributed by atoms with Gasteiger partial charge in [0, 0.05) is 13.1 Å². The maximum atomic E-state index is 13.0. The molecular weight excluding hydrogens is 281 g/mol. The van der Waals surface area contributed by atoms with Crippen molar-refractivity contribution in [1.29, 1.82) is 0 Å². The lowest BCUT2D eigenvalue weighted by molar-refractivity contribution is 0.197. The van der Waals surface area contributed by atoms with Gasteiger partial charge in [-0.3, -0.25) is 0 Å². The number of nitrogens with zero attached hydrogens (tertiary/aromatic N) is 3. The number of aryl methyl sites for hydroxylation is 1. The first-order valence-electron chi connectivity index (χ1n) is 6.61. The number of sulfonamides is 1. The Hall–Kier alpha value is -1.05. The summed E-state index contributed by atoms with van der Waals surface area (Å²) in [5, 5.41) is 0. The molecule has 0 bridgehead atoms. The van der Waals surface area contributed by atoms with Gasteiger partial charge in [-0.05, 0) is 51.5 Å². The lowest BCUT2D eigenvalue weighted by Crippen LogP contribution is -2.44. The maximum absolute atomic E-state index is 13.0. The summed E-state index contributed by atoms with van der Waals surface area (Å²) in [6.45, 7) is 3.34. The first-order chi connectivity index (χ1) is 9.32. The predicted molar refractivity (Wildman–Crippen MR) is 74.4 cm³/mol. The number of piperidine rings is 1. The van der Waals surface area contributed by atoms with Crippen molar-refractivity contribution in [3.8, 4) is 0 Å². The van der Waals surface area contributed by atoms with Crippen LogP contribution in [0.4, 0.5) is 4.39 Å². The van der Waals surface area contributed by atoms with Crippen LogP contribution in [0.3, 0.4) is 0 Å². The van der Waals surface area contributed by atoms with Gasteiger partial charge in [0.1, 0.15) is 4.90 Å². The molecule has 1 aromatic heterocycles. The van der Waals surface area contributed by atoms with Crippen molar-refractivity contribution in [2.75, 3.05) is 27.2 Å². The second-order valence-electron chi connectivity index (χ2n) is 5.33. The standard InChI is InChI=1S/C13H20FN3O2S/c1-10-8-13(14)15-9-12(10)20(18,19)17(3)11-4-6-16(2)7-5-11/h8-9,11H,4-7H2,1-3H3. The van der Waals surface area contributed by atoms with Gasteiger partial charge in [-0.15, -0.1) is 0 Å². The molecule has 20 heavy (non-hydrogen) atoms. The van der Waals surface area contributed by atoms with Crippen molar-refractivity contribution >= 4 is 10.0 Å². The third-order valence-corrected chi connectivity index (χ3v) is 5.93. The van der Waals surface area contributed by atoms with Gasteiger partial charge in [0.05, 0.1) is 6.20 Å². The topological polar surface area (TPSA) is 53.5 Å². The highest BCUT2D eigenvalue weighted by Crippen LogP contribution is 2.24. The van der Waals surface area contributed by atoms with E-state index in [2.05, 4.69) is 9.88 Å². The van der Waals surface area contributed by atoms with E-state index in [1.54, 1.807) is 14.0 Å². The summed E-state index contributed by atoms with van der Waals surface area (Å²) in [6.07, 6.45) is 2.71. The van der Waals surface area contributed by atoms with Crippen LogP contribution in [0.1, 0.15) is 18.4 Å². The summed E-state index contributed by atoms with van der Waals surface area (Å²) in [5.41, 5.74) is 0.386. The van der Waals surface area contributed by atoms with Crippen LogP contribution in [0, 0.1) is 12.9 Å². The van der Waals surface area contributed by atoms with Crippen molar-refractivity contribution in [2.24, 2.45) is 0 Å². The zero-order valence-electron chi connectivity index (χ0n) is 12.0. The van der Waals surface area contributed by atoms with E-state index in [1.165, 1.54) is 4.31 Å². The number of hydrogen-bond donors (Lipinski definition) is 0. The van der Waals surface area contributed by atoms with E-state index >= 15 is 0 Å². The Kier molecular flexibility index (Phi) is 4.41. The van der Waals surface area contributed by atoms with Crippen LogP contribution in [0.25, 0.3) is 0 Å². The first kappa shape index (κ1) is 15.3. The zero-order valence-corrected chi connectivity index (χ0v) is 12.8. The van der Waals surface area contributed by atoms with Crippen LogP contribution in [-0.4, -0.2) is 55.8 Å². The molecule has 0 atom stereocenters. The van der Waals surface area contributed by atoms with Crippen molar-refractivity contribution in [3.05, 3.63) is 23.8 Å². The fraction of sp³-hybridized carbons (Fsp3) is 0.615. The first-order valence-corrected chi connectivity index (χ1v) is 8.05. The molecule has 0 aromatic carbocycles. The lowest BCUT2D eigenvalue weighted by atomic mass is 10.1. The molecule has 0 N–H and O–H groups in total. The summed E-state index contributed by atoms with van der Waals surface area (Å²) in [6, 6.07) is 1.13. The van der Waals surface area contributed by atoms with Gasteiger partial charge < -0.3 is 4.90 Å². The largest absolute Gasteiger partial charge is 0.306 e. The minimum absolute atomic E-state index is 0.0133. The van der Waals surface area contributed by atoms with Gasteiger partial charge in [0.2, 0.25) is 16.0 Å². The van der Waals surface area contributed by atoms with Crippen LogP contribution < -0.4 is 0 Å². The minimum Gasteiger partial charge on any atom is -0.306 e.